The van der Waals surface area contributed by atoms with Gasteiger partial charge < -0.3 is 39.9 Å². The summed E-state index contributed by atoms with van der Waals surface area (Å²) in [5.41, 5.74) is 5.31. The largest absolute Gasteiger partial charge is 0.453 e. The van der Waals surface area contributed by atoms with Gasteiger partial charge in [0.2, 0.25) is 11.8 Å². The summed E-state index contributed by atoms with van der Waals surface area (Å²) in [7, 11) is 2.60. The lowest BCUT2D eigenvalue weighted by Gasteiger charge is -2.31. The molecular weight excluding hydrogens is 761 g/mol. The van der Waals surface area contributed by atoms with Crippen molar-refractivity contribution in [2.75, 3.05) is 14.2 Å². The number of piperidine rings is 2. The minimum Gasteiger partial charge on any atom is -0.453 e. The van der Waals surface area contributed by atoms with Crippen LogP contribution in [0.4, 0.5) is 9.59 Å². The Morgan fingerprint density at radius 1 is 0.717 bits per heavy atom. The molecule has 2 saturated heterocycles. The molecule has 14 heteroatoms. The molecule has 2 aliphatic carbocycles. The number of hydrogen-bond donors (Lipinski definition) is 4. The van der Waals surface area contributed by atoms with Crippen molar-refractivity contribution < 1.29 is 28.7 Å². The lowest BCUT2D eigenvalue weighted by molar-refractivity contribution is -0.137. The maximum Gasteiger partial charge on any atom is 0.407 e. The number of aromatic amines is 2. The average Bonchev–Trinajstić information content (AvgIpc) is 3.86. The van der Waals surface area contributed by atoms with E-state index in [0.717, 1.165) is 81.5 Å². The fraction of sp³-hybridized carbons (Fsp3) is 0.435. The van der Waals surface area contributed by atoms with Gasteiger partial charge in [-0.1, -0.05) is 63.8 Å². The van der Waals surface area contributed by atoms with Gasteiger partial charge in [-0.2, -0.15) is 0 Å². The van der Waals surface area contributed by atoms with Crippen molar-refractivity contribution in [1.29, 1.82) is 0 Å². The first-order chi connectivity index (χ1) is 28.9. The number of H-pyrrole nitrogens is 2. The van der Waals surface area contributed by atoms with E-state index in [1.807, 2.05) is 80.1 Å². The molecule has 14 nitrogen and oxygen atoms in total. The minimum absolute atomic E-state index is 0.101. The summed E-state index contributed by atoms with van der Waals surface area (Å²) < 4.78 is 9.61. The molecule has 0 bridgehead atoms. The van der Waals surface area contributed by atoms with E-state index in [2.05, 4.69) is 50.6 Å². The number of amides is 4. The molecule has 0 radical (unpaired) electrons. The summed E-state index contributed by atoms with van der Waals surface area (Å²) in [6.45, 7) is 7.68. The van der Waals surface area contributed by atoms with Crippen LogP contribution in [0.2, 0.25) is 0 Å². The molecule has 0 spiro atoms. The zero-order valence-corrected chi connectivity index (χ0v) is 34.6. The lowest BCUT2D eigenvalue weighted by Crippen LogP contribution is -2.52. The molecule has 4 fully saturated rings. The highest BCUT2D eigenvalue weighted by Gasteiger charge is 2.57. The normalized spacial score (nSPS) is 23.5. The fourth-order valence-corrected chi connectivity index (χ4v) is 9.34. The standard InChI is InChI=1S/C46H50N8O6/c1-23(2)38(51-45(57)59-5)43(55)53-34-18-29(34)20-36(53)41-47-22-33(49-41)27-12-9-25(10-13-27)7-8-26-11-15-31-28(17-26)14-16-32-40(31)50-42(48-32)37-21-30-19-35(30)54(37)44(56)39(24(3)4)52-46(58)60-6/h9-17,22-24,29-30,34-39H,18-21H2,1-6H3,(H,47,49)(H,48,50)(H,51,57)(H,52,58)/t29-,30-,34-,35-,36+,37+,38+,39+/m1/s1. The van der Waals surface area contributed by atoms with Crippen molar-refractivity contribution in [2.45, 2.75) is 89.6 Å². The zero-order chi connectivity index (χ0) is 42.0. The van der Waals surface area contributed by atoms with Crippen molar-refractivity contribution in [3.8, 4) is 23.1 Å². The molecule has 4 heterocycles. The second kappa shape index (κ2) is 15.3. The maximum absolute atomic E-state index is 13.9. The van der Waals surface area contributed by atoms with E-state index in [0.29, 0.717) is 11.8 Å². The smallest absolute Gasteiger partial charge is 0.407 e. The van der Waals surface area contributed by atoms with Crippen LogP contribution in [0.25, 0.3) is 33.1 Å². The van der Waals surface area contributed by atoms with Crippen LogP contribution in [0.5, 0.6) is 0 Å². The van der Waals surface area contributed by atoms with Crippen LogP contribution in [0.3, 0.4) is 0 Å². The molecule has 5 aromatic rings. The number of carbonyl (C=O) groups is 4. The van der Waals surface area contributed by atoms with Gasteiger partial charge in [-0.25, -0.2) is 19.6 Å². The van der Waals surface area contributed by atoms with Crippen LogP contribution < -0.4 is 10.6 Å². The number of aromatic nitrogens is 4. The highest BCUT2D eigenvalue weighted by Crippen LogP contribution is 2.54. The van der Waals surface area contributed by atoms with Crippen LogP contribution in [0.15, 0.2) is 60.8 Å². The Kier molecular flexibility index (Phi) is 10.0. The Balaban J connectivity index is 0.890. The molecule has 4 amide bonds. The number of likely N-dealkylation sites (tertiary alicyclic amines) is 2. The van der Waals surface area contributed by atoms with Gasteiger partial charge in [-0.3, -0.25) is 9.59 Å². The Morgan fingerprint density at radius 3 is 1.87 bits per heavy atom. The Morgan fingerprint density at radius 2 is 1.28 bits per heavy atom. The molecule has 2 saturated carbocycles. The van der Waals surface area contributed by atoms with E-state index in [4.69, 9.17) is 19.4 Å². The molecule has 2 aromatic heterocycles. The van der Waals surface area contributed by atoms with E-state index >= 15 is 0 Å². The number of imidazole rings is 2. The SMILES string of the molecule is COC(=O)N[C@H](C(=O)N1[C@@H]2C[C@@H]2C[C@H]1c1ncc(-c2ccc(C#Cc3ccc4c(ccc5[nH]c([C@@H]6C[C@H]7C[C@H]7N6C(=O)[C@@H](NC(=O)OC)C(C)C)nc54)c3)cc2)[nH]1)C(C)C. The molecule has 310 valence electrons. The Labute approximate surface area is 348 Å². The average molecular weight is 811 g/mol. The number of benzene rings is 3. The third kappa shape index (κ3) is 7.20. The second-order valence-electron chi connectivity index (χ2n) is 17.4. The van der Waals surface area contributed by atoms with Crippen molar-refractivity contribution >= 4 is 45.8 Å². The third-order valence-electron chi connectivity index (χ3n) is 12.8. The summed E-state index contributed by atoms with van der Waals surface area (Å²) in [6, 6.07) is 16.8. The number of carbonyl (C=O) groups excluding carboxylic acids is 4. The van der Waals surface area contributed by atoms with Crippen LogP contribution in [0, 0.1) is 35.5 Å². The number of nitrogens with one attached hydrogen (secondary N) is 4. The van der Waals surface area contributed by atoms with Gasteiger partial charge in [0.25, 0.3) is 0 Å². The topological polar surface area (TPSA) is 175 Å². The summed E-state index contributed by atoms with van der Waals surface area (Å²) in [4.78, 5) is 72.4. The quantitative estimate of drug-likeness (QED) is 0.121. The summed E-state index contributed by atoms with van der Waals surface area (Å²) in [6.07, 6.45) is 4.19. The van der Waals surface area contributed by atoms with E-state index in [1.165, 1.54) is 14.2 Å². The molecule has 4 aliphatic rings. The molecule has 2 aliphatic heterocycles. The van der Waals surface area contributed by atoms with Gasteiger partial charge in [0.15, 0.2) is 0 Å². The van der Waals surface area contributed by atoms with Crippen LogP contribution in [-0.4, -0.2) is 92.1 Å². The van der Waals surface area contributed by atoms with E-state index in [9.17, 15) is 19.2 Å². The predicted octanol–water partition coefficient (Wildman–Crippen LogP) is 6.59. The fourth-order valence-electron chi connectivity index (χ4n) is 9.34. The van der Waals surface area contributed by atoms with Gasteiger partial charge in [0.05, 0.1) is 49.2 Å². The molecular formula is C46H50N8O6. The lowest BCUT2D eigenvalue weighted by atomic mass is 10.0. The van der Waals surface area contributed by atoms with Crippen LogP contribution in [0.1, 0.15) is 88.2 Å². The molecule has 4 N–H and O–H groups in total. The van der Waals surface area contributed by atoms with Crippen molar-refractivity contribution in [1.82, 2.24) is 40.4 Å². The van der Waals surface area contributed by atoms with Crippen molar-refractivity contribution in [3.05, 3.63) is 83.6 Å². The van der Waals surface area contributed by atoms with Crippen molar-refractivity contribution in [2.24, 2.45) is 23.7 Å². The van der Waals surface area contributed by atoms with E-state index in [-0.39, 0.29) is 47.8 Å². The molecule has 8 atom stereocenters. The predicted molar refractivity (Wildman–Crippen MR) is 224 cm³/mol. The van der Waals surface area contributed by atoms with Crippen LogP contribution >= 0.6 is 0 Å². The van der Waals surface area contributed by atoms with E-state index in [1.54, 1.807) is 0 Å². The molecule has 9 rings (SSSR count). The van der Waals surface area contributed by atoms with Crippen LogP contribution in [-0.2, 0) is 19.1 Å². The van der Waals surface area contributed by atoms with Gasteiger partial charge in [-0.05, 0) is 90.6 Å². The first-order valence-electron chi connectivity index (χ1n) is 20.8. The first-order valence-corrected chi connectivity index (χ1v) is 20.8. The summed E-state index contributed by atoms with van der Waals surface area (Å²) in [5.74, 6) is 8.58. The number of methoxy groups -OCH3 is 2. The number of ether oxygens (including phenoxy) is 2. The van der Waals surface area contributed by atoms with Crippen molar-refractivity contribution in [3.63, 3.8) is 0 Å². The number of hydrogen-bond acceptors (Lipinski definition) is 8. The monoisotopic (exact) mass is 810 g/mol. The number of rotatable bonds is 9. The summed E-state index contributed by atoms with van der Waals surface area (Å²) in [5, 5.41) is 7.49. The number of nitrogens with zero attached hydrogens (tertiary/aromatic N) is 4. The van der Waals surface area contributed by atoms with Gasteiger partial charge in [0.1, 0.15) is 23.7 Å². The zero-order valence-electron chi connectivity index (χ0n) is 34.6. The Hall–Kier alpha value is -6.36. The third-order valence-corrected chi connectivity index (χ3v) is 12.8. The number of fused-ring (bicyclic) bond motifs is 5. The van der Waals surface area contributed by atoms with E-state index < -0.39 is 24.3 Å². The molecule has 0 unspecified atom stereocenters. The molecule has 60 heavy (non-hydrogen) atoms. The Bertz CT molecular complexity index is 2570. The highest BCUT2D eigenvalue weighted by atomic mass is 16.5. The maximum atomic E-state index is 13.9. The first kappa shape index (κ1) is 39.1. The number of alkyl carbamates (subject to hydrolysis) is 2. The van der Waals surface area contributed by atoms with Gasteiger partial charge in [0, 0.05) is 28.6 Å². The second-order valence-corrected chi connectivity index (χ2v) is 17.4. The summed E-state index contributed by atoms with van der Waals surface area (Å²) >= 11 is 0. The minimum atomic E-state index is -0.687. The van der Waals surface area contributed by atoms with Gasteiger partial charge >= 0.3 is 12.2 Å². The molecule has 3 aromatic carbocycles. The highest BCUT2D eigenvalue weighted by molar-refractivity contribution is 6.04. The van der Waals surface area contributed by atoms with Gasteiger partial charge in [-0.15, -0.1) is 0 Å².